The van der Waals surface area contributed by atoms with E-state index in [4.69, 9.17) is 13.9 Å². The van der Waals surface area contributed by atoms with Crippen molar-refractivity contribution in [1.29, 1.82) is 0 Å². The summed E-state index contributed by atoms with van der Waals surface area (Å²) >= 11 is 0. The average molecular weight is 284 g/mol. The Balaban J connectivity index is 1.63. The zero-order chi connectivity index (χ0) is 14.0. The molecule has 5 atom stereocenters. The van der Waals surface area contributed by atoms with Gasteiger partial charge in [0.25, 0.3) is 0 Å². The third-order valence-electron chi connectivity index (χ3n) is 5.37. The molecule has 0 aromatic rings. The molecule has 0 N–H and O–H groups in total. The highest BCUT2D eigenvalue weighted by atomic mass is 28.4. The van der Waals surface area contributed by atoms with Crippen molar-refractivity contribution in [2.45, 2.75) is 63.6 Å². The molecule has 3 rings (SSSR count). The van der Waals surface area contributed by atoms with Gasteiger partial charge in [-0.15, -0.1) is 0 Å². The van der Waals surface area contributed by atoms with Gasteiger partial charge in [-0.1, -0.05) is 20.8 Å². The minimum atomic E-state index is -1.78. The van der Waals surface area contributed by atoms with E-state index in [0.29, 0.717) is 12.7 Å². The zero-order valence-corrected chi connectivity index (χ0v) is 13.4. The number of esters is 1. The van der Waals surface area contributed by atoms with Crippen LogP contribution in [0.15, 0.2) is 0 Å². The lowest BCUT2D eigenvalue weighted by atomic mass is 9.93. The van der Waals surface area contributed by atoms with Crippen LogP contribution in [0.25, 0.3) is 0 Å². The minimum Gasteiger partial charge on any atom is -0.459 e. The molecule has 0 aromatic heterocycles. The maximum atomic E-state index is 11.8. The summed E-state index contributed by atoms with van der Waals surface area (Å²) in [7, 11) is -1.78. The smallest absolute Gasteiger partial charge is 0.309 e. The molecule has 0 bridgehead atoms. The maximum Gasteiger partial charge on any atom is 0.309 e. The number of hydrogen-bond acceptors (Lipinski definition) is 4. The van der Waals surface area contributed by atoms with Crippen LogP contribution in [0.2, 0.25) is 18.1 Å². The topological polar surface area (TPSA) is 48.1 Å². The van der Waals surface area contributed by atoms with E-state index in [1.807, 2.05) is 0 Å². The van der Waals surface area contributed by atoms with Gasteiger partial charge in [0.05, 0.1) is 24.7 Å². The molecule has 108 valence electrons. The Hall–Kier alpha value is -0.393. The quantitative estimate of drug-likeness (QED) is 0.453. The van der Waals surface area contributed by atoms with Crippen molar-refractivity contribution >= 4 is 14.3 Å². The molecule has 19 heavy (non-hydrogen) atoms. The highest BCUT2D eigenvalue weighted by molar-refractivity contribution is 6.74. The van der Waals surface area contributed by atoms with E-state index in [1.165, 1.54) is 0 Å². The highest BCUT2D eigenvalue weighted by Gasteiger charge is 2.64. The van der Waals surface area contributed by atoms with Gasteiger partial charge < -0.3 is 13.9 Å². The fraction of sp³-hybridized carbons (Fsp3) is 0.929. The molecule has 0 aromatic carbocycles. The van der Waals surface area contributed by atoms with Crippen LogP contribution in [0.5, 0.6) is 0 Å². The molecular formula is C14H24O4Si. The van der Waals surface area contributed by atoms with E-state index in [2.05, 4.69) is 33.9 Å². The number of cyclic esters (lactones) is 1. The zero-order valence-electron chi connectivity index (χ0n) is 12.4. The fourth-order valence-electron chi connectivity index (χ4n) is 3.01. The van der Waals surface area contributed by atoms with Crippen LogP contribution in [0, 0.1) is 11.8 Å². The van der Waals surface area contributed by atoms with Crippen LogP contribution in [0.3, 0.4) is 0 Å². The van der Waals surface area contributed by atoms with Crippen molar-refractivity contribution < 1.29 is 18.7 Å². The number of carbonyl (C=O) groups is 1. The molecule has 2 aliphatic heterocycles. The second-order valence-electron chi connectivity index (χ2n) is 7.61. The van der Waals surface area contributed by atoms with Gasteiger partial charge in [0, 0.05) is 5.92 Å². The van der Waals surface area contributed by atoms with Crippen molar-refractivity contribution in [3.05, 3.63) is 0 Å². The first-order valence-electron chi connectivity index (χ1n) is 7.20. The number of fused-ring (bicyclic) bond motifs is 3. The molecular weight excluding hydrogens is 260 g/mol. The second-order valence-corrected chi connectivity index (χ2v) is 12.4. The Morgan fingerprint density at radius 1 is 1.37 bits per heavy atom. The molecule has 4 nitrogen and oxygen atoms in total. The van der Waals surface area contributed by atoms with Crippen LogP contribution in [-0.2, 0) is 18.7 Å². The summed E-state index contributed by atoms with van der Waals surface area (Å²) < 4.78 is 17.3. The monoisotopic (exact) mass is 284 g/mol. The SMILES string of the molecule is CC(C)(C)[Si](C)(C)OC[C@@H]1OC(=O)[C@H]2C[C@@H]3O[C@@H]3[C@@H]12. The van der Waals surface area contributed by atoms with E-state index >= 15 is 0 Å². The van der Waals surface area contributed by atoms with Crippen LogP contribution in [0.4, 0.5) is 0 Å². The minimum absolute atomic E-state index is 0.0374. The number of epoxide rings is 1. The lowest BCUT2D eigenvalue weighted by Gasteiger charge is -2.37. The molecule has 0 unspecified atom stereocenters. The van der Waals surface area contributed by atoms with Crippen molar-refractivity contribution in [2.75, 3.05) is 6.61 Å². The van der Waals surface area contributed by atoms with Crippen LogP contribution in [0.1, 0.15) is 27.2 Å². The second kappa shape index (κ2) is 4.05. The van der Waals surface area contributed by atoms with E-state index in [9.17, 15) is 4.79 Å². The molecule has 2 heterocycles. The number of ether oxygens (including phenoxy) is 2. The van der Waals surface area contributed by atoms with Crippen LogP contribution < -0.4 is 0 Å². The molecule has 3 aliphatic rings. The number of carbonyl (C=O) groups excluding carboxylic acids is 1. The first-order valence-corrected chi connectivity index (χ1v) is 10.1. The summed E-state index contributed by atoms with van der Waals surface area (Å²) in [6, 6.07) is 0. The third-order valence-corrected chi connectivity index (χ3v) is 9.87. The van der Waals surface area contributed by atoms with E-state index in [1.54, 1.807) is 0 Å². The molecule has 1 aliphatic carbocycles. The molecule has 0 radical (unpaired) electrons. The summed E-state index contributed by atoms with van der Waals surface area (Å²) in [6.07, 6.45) is 1.33. The predicted molar refractivity (Wildman–Crippen MR) is 73.3 cm³/mol. The Bertz CT molecular complexity index is 401. The third kappa shape index (κ3) is 2.16. The summed E-state index contributed by atoms with van der Waals surface area (Å²) in [5.74, 6) is 0.267. The van der Waals surface area contributed by atoms with Gasteiger partial charge >= 0.3 is 5.97 Å². The Morgan fingerprint density at radius 2 is 2.05 bits per heavy atom. The first-order chi connectivity index (χ1) is 8.71. The summed E-state index contributed by atoms with van der Waals surface area (Å²) in [4.78, 5) is 11.8. The van der Waals surface area contributed by atoms with Gasteiger partial charge in [-0.05, 0) is 24.6 Å². The summed E-state index contributed by atoms with van der Waals surface area (Å²) in [6.45, 7) is 11.7. The maximum absolute atomic E-state index is 11.8. The summed E-state index contributed by atoms with van der Waals surface area (Å²) in [5.41, 5.74) is 0. The first kappa shape index (κ1) is 13.6. The van der Waals surface area contributed by atoms with E-state index in [0.717, 1.165) is 6.42 Å². The lowest BCUT2D eigenvalue weighted by molar-refractivity contribution is -0.145. The fourth-order valence-corrected chi connectivity index (χ4v) is 4.03. The molecule has 5 heteroatoms. The normalized spacial score (nSPS) is 40.9. The molecule has 0 amide bonds. The highest BCUT2D eigenvalue weighted by Crippen LogP contribution is 2.52. The van der Waals surface area contributed by atoms with Gasteiger partial charge in [-0.3, -0.25) is 4.79 Å². The van der Waals surface area contributed by atoms with Gasteiger partial charge in [0.1, 0.15) is 6.10 Å². The molecule has 2 saturated heterocycles. The Labute approximate surface area is 115 Å². The van der Waals surface area contributed by atoms with Crippen molar-refractivity contribution in [1.82, 2.24) is 0 Å². The van der Waals surface area contributed by atoms with Crippen molar-refractivity contribution in [3.8, 4) is 0 Å². The Morgan fingerprint density at radius 3 is 2.68 bits per heavy atom. The standard InChI is InChI=1S/C14H24O4Si/c1-14(2,3)19(4,5)16-7-10-11-8(13(15)18-10)6-9-12(11)17-9/h8-12H,6-7H2,1-5H3/t8-,9-,10-,11+,12-/m0/s1. The van der Waals surface area contributed by atoms with Crippen LogP contribution >= 0.6 is 0 Å². The predicted octanol–water partition coefficient (Wildman–Crippen LogP) is 2.34. The van der Waals surface area contributed by atoms with Crippen molar-refractivity contribution in [2.24, 2.45) is 11.8 Å². The van der Waals surface area contributed by atoms with Crippen molar-refractivity contribution in [3.63, 3.8) is 0 Å². The van der Waals surface area contributed by atoms with Gasteiger partial charge in [-0.2, -0.15) is 0 Å². The van der Waals surface area contributed by atoms with Crippen LogP contribution in [-0.4, -0.2) is 39.2 Å². The van der Waals surface area contributed by atoms with Gasteiger partial charge in [0.15, 0.2) is 8.32 Å². The number of hydrogen-bond donors (Lipinski definition) is 0. The molecule has 3 fully saturated rings. The molecule has 0 spiro atoms. The van der Waals surface area contributed by atoms with Gasteiger partial charge in [-0.25, -0.2) is 0 Å². The largest absolute Gasteiger partial charge is 0.459 e. The molecule has 1 saturated carbocycles. The van der Waals surface area contributed by atoms with E-state index in [-0.39, 0.29) is 35.1 Å². The van der Waals surface area contributed by atoms with Gasteiger partial charge in [0.2, 0.25) is 0 Å². The average Bonchev–Trinajstić information content (AvgIpc) is 2.82. The summed E-state index contributed by atoms with van der Waals surface area (Å²) in [5, 5.41) is 0.184. The van der Waals surface area contributed by atoms with E-state index < -0.39 is 8.32 Å². The Kier molecular flexibility index (Phi) is 2.90. The lowest BCUT2D eigenvalue weighted by Crippen LogP contribution is -2.43. The number of rotatable bonds is 3.